The van der Waals surface area contributed by atoms with Crippen molar-refractivity contribution in [3.05, 3.63) is 82.3 Å². The number of aliphatic hydroxyl groups is 1. The van der Waals surface area contributed by atoms with Crippen molar-refractivity contribution in [3.8, 4) is 0 Å². The Morgan fingerprint density at radius 2 is 1.43 bits per heavy atom. The number of aryl methyl sites for hydroxylation is 4. The molecule has 0 aliphatic carbocycles. The average Bonchev–Trinajstić information content (AvgIpc) is 2.92. The molecule has 0 saturated heterocycles. The van der Waals surface area contributed by atoms with Gasteiger partial charge in [-0.25, -0.2) is 4.39 Å². The van der Waals surface area contributed by atoms with Gasteiger partial charge in [0.05, 0.1) is 6.10 Å². The quantitative estimate of drug-likeness (QED) is 0.243. The van der Waals surface area contributed by atoms with Crippen LogP contribution in [-0.2, 0) is 12.8 Å². The van der Waals surface area contributed by atoms with Crippen LogP contribution in [0.5, 0.6) is 0 Å². The molecule has 230 valence electrons. The summed E-state index contributed by atoms with van der Waals surface area (Å²) in [5, 5.41) is 16.0. The van der Waals surface area contributed by atoms with Gasteiger partial charge in [0.15, 0.2) is 0 Å². The second-order valence-corrected chi connectivity index (χ2v) is 10.8. The molecule has 0 aromatic heterocycles. The van der Waals surface area contributed by atoms with Gasteiger partial charge < -0.3 is 20.6 Å². The molecular weight excluding hydrogens is 497 g/mol. The van der Waals surface area contributed by atoms with Gasteiger partial charge in [0.1, 0.15) is 5.82 Å². The van der Waals surface area contributed by atoms with E-state index >= 15 is 0 Å². The van der Waals surface area contributed by atoms with E-state index in [-0.39, 0.29) is 11.9 Å². The highest BCUT2D eigenvalue weighted by molar-refractivity contribution is 5.30. The van der Waals surface area contributed by atoms with E-state index in [9.17, 15) is 9.50 Å². The van der Waals surface area contributed by atoms with Gasteiger partial charge in [0.25, 0.3) is 0 Å². The highest BCUT2D eigenvalue weighted by Crippen LogP contribution is 2.16. The lowest BCUT2D eigenvalue weighted by molar-refractivity contribution is 0.199. The summed E-state index contributed by atoms with van der Waals surface area (Å²) in [7, 11) is 4.01. The molecule has 3 N–H and O–H groups in total. The molecule has 0 spiro atoms. The van der Waals surface area contributed by atoms with Crippen LogP contribution in [0.3, 0.4) is 0 Å². The molecule has 4 nitrogen and oxygen atoms in total. The minimum Gasteiger partial charge on any atom is -0.389 e. The van der Waals surface area contributed by atoms with Crippen molar-refractivity contribution in [2.75, 3.05) is 27.2 Å². The van der Waals surface area contributed by atoms with Crippen molar-refractivity contribution < 1.29 is 9.50 Å². The number of nitrogens with zero attached hydrogens (tertiary/aromatic N) is 1. The van der Waals surface area contributed by atoms with Crippen molar-refractivity contribution in [1.82, 2.24) is 15.5 Å². The van der Waals surface area contributed by atoms with Crippen LogP contribution in [0.1, 0.15) is 102 Å². The van der Waals surface area contributed by atoms with Crippen LogP contribution in [0.4, 0.5) is 4.39 Å². The molecule has 0 aliphatic heterocycles. The number of aliphatic hydroxyl groups excluding tert-OH is 1. The lowest BCUT2D eigenvalue weighted by atomic mass is 10.0. The zero-order valence-corrected chi connectivity index (χ0v) is 27.9. The summed E-state index contributed by atoms with van der Waals surface area (Å²) in [5.74, 6) is -0.126. The first-order chi connectivity index (χ1) is 18.7. The minimum absolute atomic E-state index is 0.126. The highest BCUT2D eigenvalue weighted by atomic mass is 19.1. The summed E-state index contributed by atoms with van der Waals surface area (Å²) in [6.45, 7) is 26.9. The Labute approximate surface area is 247 Å². The summed E-state index contributed by atoms with van der Waals surface area (Å²) in [6.07, 6.45) is 3.81. The van der Waals surface area contributed by atoms with E-state index in [1.807, 2.05) is 50.2 Å². The molecular formula is C35H62FN3O. The molecule has 0 saturated carbocycles. The Morgan fingerprint density at radius 1 is 0.850 bits per heavy atom. The summed E-state index contributed by atoms with van der Waals surface area (Å²) in [4.78, 5) is 2.03. The van der Waals surface area contributed by atoms with Crippen molar-refractivity contribution in [2.24, 2.45) is 0 Å². The summed E-state index contributed by atoms with van der Waals surface area (Å²) < 4.78 is 12.7. The monoisotopic (exact) mass is 559 g/mol. The molecule has 0 aliphatic rings. The van der Waals surface area contributed by atoms with Crippen molar-refractivity contribution >= 4 is 0 Å². The fourth-order valence-electron chi connectivity index (χ4n) is 3.43. The number of hydrogen-bond donors (Lipinski definition) is 3. The number of hydrogen-bond acceptors (Lipinski definition) is 4. The van der Waals surface area contributed by atoms with Gasteiger partial charge in [-0.05, 0) is 93.3 Å². The third kappa shape index (κ3) is 19.8. The van der Waals surface area contributed by atoms with Gasteiger partial charge in [-0.15, -0.1) is 0 Å². The summed E-state index contributed by atoms with van der Waals surface area (Å²) >= 11 is 0. The van der Waals surface area contributed by atoms with Crippen LogP contribution in [-0.4, -0.2) is 49.3 Å². The zero-order valence-electron chi connectivity index (χ0n) is 27.9. The molecule has 0 bridgehead atoms. The van der Waals surface area contributed by atoms with Gasteiger partial charge in [-0.2, -0.15) is 0 Å². The van der Waals surface area contributed by atoms with E-state index in [0.29, 0.717) is 12.1 Å². The Kier molecular flexibility index (Phi) is 23.5. The lowest BCUT2D eigenvalue weighted by Crippen LogP contribution is -2.35. The topological polar surface area (TPSA) is 47.5 Å². The highest BCUT2D eigenvalue weighted by Gasteiger charge is 2.01. The van der Waals surface area contributed by atoms with Crippen molar-refractivity contribution in [1.29, 1.82) is 0 Å². The van der Waals surface area contributed by atoms with Crippen LogP contribution in [0, 0.1) is 19.7 Å². The maximum absolute atomic E-state index is 12.7. The molecule has 0 fully saturated rings. The van der Waals surface area contributed by atoms with Gasteiger partial charge in [0, 0.05) is 45.0 Å². The Bertz CT molecular complexity index is 925. The maximum atomic E-state index is 12.7. The molecule has 0 heterocycles. The predicted molar refractivity (Wildman–Crippen MR) is 176 cm³/mol. The summed E-state index contributed by atoms with van der Waals surface area (Å²) in [6, 6.07) is 12.3. The van der Waals surface area contributed by atoms with E-state index in [1.165, 1.54) is 34.9 Å². The number of benzene rings is 2. The summed E-state index contributed by atoms with van der Waals surface area (Å²) in [5.41, 5.74) is 7.08. The number of rotatable bonds is 11. The first-order valence-corrected chi connectivity index (χ1v) is 15.1. The standard InChI is InChI=1S/C10H13F.C10H14O.C9H22N2.C6H13N/c1-3-8-5-6-10(11)7-9(8)4-2;1-7-4-5-10(9(3)11)6-8(7)2;1-5-9(4)11-7-6-10-8(2)3;1-5-6(2)7(3)4/h5-7H,3-4H2,1-2H3;4-6,9,11H,1-3H3;8-11H,5-7H2,1-4H3;2,5H2,1,3-4H3. The van der Waals surface area contributed by atoms with Crippen molar-refractivity contribution in [2.45, 2.75) is 113 Å². The third-order valence-corrected chi connectivity index (χ3v) is 6.77. The van der Waals surface area contributed by atoms with Crippen LogP contribution >= 0.6 is 0 Å². The van der Waals surface area contributed by atoms with Crippen LogP contribution in [0.25, 0.3) is 0 Å². The maximum Gasteiger partial charge on any atom is 0.123 e. The minimum atomic E-state index is -0.353. The van der Waals surface area contributed by atoms with E-state index in [2.05, 4.69) is 72.6 Å². The molecule has 2 atom stereocenters. The molecule has 2 rings (SSSR count). The predicted octanol–water partition coefficient (Wildman–Crippen LogP) is 8.15. The molecule has 2 aromatic rings. The average molecular weight is 560 g/mol. The molecule has 0 radical (unpaired) electrons. The van der Waals surface area contributed by atoms with E-state index in [1.54, 1.807) is 13.0 Å². The molecule has 40 heavy (non-hydrogen) atoms. The second-order valence-electron chi connectivity index (χ2n) is 10.8. The first kappa shape index (κ1) is 39.9. The van der Waals surface area contributed by atoms with Gasteiger partial charge in [-0.1, -0.05) is 72.4 Å². The fourth-order valence-corrected chi connectivity index (χ4v) is 3.43. The van der Waals surface area contributed by atoms with Crippen LogP contribution in [0.15, 0.2) is 48.7 Å². The zero-order chi connectivity index (χ0) is 31.3. The Balaban J connectivity index is 0. The van der Waals surface area contributed by atoms with Gasteiger partial charge in [0.2, 0.25) is 0 Å². The molecule has 2 unspecified atom stereocenters. The lowest BCUT2D eigenvalue weighted by Gasteiger charge is -2.12. The van der Waals surface area contributed by atoms with Gasteiger partial charge in [-0.3, -0.25) is 0 Å². The SMILES string of the molecule is C=C(CC)N(C)C.CCC(C)NCCNC(C)C.CCc1ccc(F)cc1CC.Cc1ccc(C(C)O)cc1C. The van der Waals surface area contributed by atoms with E-state index in [0.717, 1.165) is 43.5 Å². The number of allylic oxidation sites excluding steroid dienone is 1. The largest absolute Gasteiger partial charge is 0.389 e. The van der Waals surface area contributed by atoms with Crippen LogP contribution in [0.2, 0.25) is 0 Å². The van der Waals surface area contributed by atoms with Gasteiger partial charge >= 0.3 is 0 Å². The first-order valence-electron chi connectivity index (χ1n) is 15.1. The Morgan fingerprint density at radius 3 is 1.82 bits per heavy atom. The molecule has 2 aromatic carbocycles. The Hall–Kier alpha value is -2.21. The fraction of sp³-hybridized carbons (Fsp3) is 0.600. The molecule has 0 amide bonds. The smallest absolute Gasteiger partial charge is 0.123 e. The number of nitrogens with one attached hydrogen (secondary N) is 2. The third-order valence-electron chi connectivity index (χ3n) is 6.77. The van der Waals surface area contributed by atoms with Crippen LogP contribution < -0.4 is 10.6 Å². The van der Waals surface area contributed by atoms with E-state index < -0.39 is 0 Å². The van der Waals surface area contributed by atoms with Crippen molar-refractivity contribution in [3.63, 3.8) is 0 Å². The number of halogens is 1. The molecule has 5 heteroatoms. The van der Waals surface area contributed by atoms with E-state index in [4.69, 9.17) is 0 Å². The second kappa shape index (κ2) is 23.5. The normalized spacial score (nSPS) is 11.7.